The molecule has 0 atom stereocenters. The van der Waals surface area contributed by atoms with Crippen LogP contribution in [0.3, 0.4) is 0 Å². The Morgan fingerprint density at radius 3 is 2.54 bits per heavy atom. The summed E-state index contributed by atoms with van der Waals surface area (Å²) in [6, 6.07) is 15.4. The van der Waals surface area contributed by atoms with Crippen molar-refractivity contribution in [2.75, 3.05) is 23.8 Å². The molecule has 2 N–H and O–H groups in total. The normalized spacial score (nSPS) is 10.5. The molecule has 0 radical (unpaired) electrons. The van der Waals surface area contributed by atoms with Crippen molar-refractivity contribution in [1.82, 2.24) is 0 Å². The van der Waals surface area contributed by atoms with Gasteiger partial charge in [-0.3, -0.25) is 4.79 Å². The van der Waals surface area contributed by atoms with Crippen LogP contribution in [-0.2, 0) is 4.79 Å². The van der Waals surface area contributed by atoms with Gasteiger partial charge in [-0.15, -0.1) is 0 Å². The number of amides is 1. The van der Waals surface area contributed by atoms with Crippen molar-refractivity contribution < 1.29 is 9.53 Å². The minimum atomic E-state index is -0.0787. The molecule has 0 fully saturated rings. The molecule has 0 unspecified atom stereocenters. The van der Waals surface area contributed by atoms with Crippen molar-refractivity contribution in [3.8, 4) is 5.75 Å². The molecule has 4 nitrogen and oxygen atoms in total. The van der Waals surface area contributed by atoms with Crippen LogP contribution in [0.25, 0.3) is 0 Å². The van der Waals surface area contributed by atoms with Gasteiger partial charge in [0.05, 0.1) is 13.2 Å². The fourth-order valence-corrected chi connectivity index (χ4v) is 2.13. The number of hydrogen-bond acceptors (Lipinski definition) is 3. The maximum atomic E-state index is 12.0. The molecular weight excluding hydrogens is 300 g/mol. The average molecular weight is 326 g/mol. The highest BCUT2D eigenvalue weighted by Crippen LogP contribution is 2.18. The lowest BCUT2D eigenvalue weighted by molar-refractivity contribution is -0.114. The Kier molecular flexibility index (Phi) is 6.67. The smallest absolute Gasteiger partial charge is 0.243 e. The molecule has 0 saturated carbocycles. The third kappa shape index (κ3) is 6.32. The molecule has 128 valence electrons. The summed E-state index contributed by atoms with van der Waals surface area (Å²) in [7, 11) is 0. The van der Waals surface area contributed by atoms with Gasteiger partial charge in [0.15, 0.2) is 0 Å². The zero-order chi connectivity index (χ0) is 17.4. The van der Waals surface area contributed by atoms with E-state index in [0.29, 0.717) is 12.5 Å². The highest BCUT2D eigenvalue weighted by atomic mass is 16.5. The maximum absolute atomic E-state index is 12.0. The monoisotopic (exact) mass is 326 g/mol. The van der Waals surface area contributed by atoms with Crippen LogP contribution in [0.1, 0.15) is 25.8 Å². The molecule has 2 aromatic carbocycles. The predicted octanol–water partition coefficient (Wildman–Crippen LogP) is 4.47. The molecule has 2 aromatic rings. The average Bonchev–Trinajstić information content (AvgIpc) is 2.55. The molecular formula is C20H26N2O2. The molecule has 4 heteroatoms. The Balaban J connectivity index is 1.80. The van der Waals surface area contributed by atoms with Gasteiger partial charge in [0, 0.05) is 17.4 Å². The van der Waals surface area contributed by atoms with Crippen molar-refractivity contribution in [3.63, 3.8) is 0 Å². The Labute approximate surface area is 144 Å². The van der Waals surface area contributed by atoms with E-state index in [9.17, 15) is 4.79 Å². The quantitative estimate of drug-likeness (QED) is 0.752. The summed E-state index contributed by atoms with van der Waals surface area (Å²) in [4.78, 5) is 12.0. The summed E-state index contributed by atoms with van der Waals surface area (Å²) in [5.41, 5.74) is 2.84. The van der Waals surface area contributed by atoms with Crippen LogP contribution in [0.4, 0.5) is 11.4 Å². The molecule has 0 aliphatic rings. The van der Waals surface area contributed by atoms with Crippen LogP contribution < -0.4 is 15.4 Å². The van der Waals surface area contributed by atoms with Crippen LogP contribution in [0.2, 0.25) is 0 Å². The zero-order valence-corrected chi connectivity index (χ0v) is 14.6. The molecule has 0 saturated heterocycles. The Morgan fingerprint density at radius 1 is 1.08 bits per heavy atom. The van der Waals surface area contributed by atoms with E-state index < -0.39 is 0 Å². The first kappa shape index (κ1) is 17.9. The third-order valence-electron chi connectivity index (χ3n) is 3.59. The van der Waals surface area contributed by atoms with E-state index in [1.807, 2.05) is 55.5 Å². The van der Waals surface area contributed by atoms with Gasteiger partial charge in [-0.2, -0.15) is 0 Å². The predicted molar refractivity (Wildman–Crippen MR) is 99.7 cm³/mol. The topological polar surface area (TPSA) is 50.4 Å². The third-order valence-corrected chi connectivity index (χ3v) is 3.59. The van der Waals surface area contributed by atoms with Crippen LogP contribution in [0.5, 0.6) is 5.75 Å². The van der Waals surface area contributed by atoms with E-state index in [-0.39, 0.29) is 12.5 Å². The summed E-state index contributed by atoms with van der Waals surface area (Å²) >= 11 is 0. The fraction of sp³-hybridized carbons (Fsp3) is 0.350. The Bertz CT molecular complexity index is 651. The van der Waals surface area contributed by atoms with Gasteiger partial charge in [0.1, 0.15) is 5.75 Å². The van der Waals surface area contributed by atoms with Crippen molar-refractivity contribution in [2.24, 2.45) is 5.92 Å². The minimum Gasteiger partial charge on any atom is -0.494 e. The van der Waals surface area contributed by atoms with E-state index in [0.717, 1.165) is 23.5 Å². The number of anilines is 2. The minimum absolute atomic E-state index is 0.0787. The van der Waals surface area contributed by atoms with Gasteiger partial charge < -0.3 is 15.4 Å². The fourth-order valence-electron chi connectivity index (χ4n) is 2.13. The lowest BCUT2D eigenvalue weighted by Gasteiger charge is -2.11. The number of aryl methyl sites for hydroxylation is 1. The van der Waals surface area contributed by atoms with E-state index >= 15 is 0 Å². The second-order valence-electron chi connectivity index (χ2n) is 6.33. The van der Waals surface area contributed by atoms with Crippen molar-refractivity contribution in [1.29, 1.82) is 0 Å². The van der Waals surface area contributed by atoms with Gasteiger partial charge in [-0.05, 0) is 43.5 Å². The molecule has 0 aromatic heterocycles. The standard InChI is InChI=1S/C20H26N2O2/c1-15(2)11-12-24-19-6-4-5-18(13-19)21-14-20(23)22-17-9-7-16(3)8-10-17/h4-10,13,15,21H,11-12,14H2,1-3H3,(H,22,23). The molecule has 2 rings (SSSR count). The SMILES string of the molecule is Cc1ccc(NC(=O)CNc2cccc(OCCC(C)C)c2)cc1. The van der Waals surface area contributed by atoms with Gasteiger partial charge in [-0.1, -0.05) is 37.6 Å². The summed E-state index contributed by atoms with van der Waals surface area (Å²) < 4.78 is 5.73. The van der Waals surface area contributed by atoms with Crippen LogP contribution in [0.15, 0.2) is 48.5 Å². The number of benzene rings is 2. The summed E-state index contributed by atoms with van der Waals surface area (Å²) in [5.74, 6) is 1.36. The lowest BCUT2D eigenvalue weighted by Crippen LogP contribution is -2.21. The second-order valence-corrected chi connectivity index (χ2v) is 6.33. The number of ether oxygens (including phenoxy) is 1. The van der Waals surface area contributed by atoms with Gasteiger partial charge in [0.25, 0.3) is 0 Å². The molecule has 0 heterocycles. The first-order valence-corrected chi connectivity index (χ1v) is 8.36. The van der Waals surface area contributed by atoms with Crippen LogP contribution >= 0.6 is 0 Å². The molecule has 0 bridgehead atoms. The molecule has 0 aliphatic heterocycles. The summed E-state index contributed by atoms with van der Waals surface area (Å²) in [6.07, 6.45) is 1.02. The van der Waals surface area contributed by atoms with Crippen molar-refractivity contribution in [2.45, 2.75) is 27.2 Å². The number of carbonyl (C=O) groups is 1. The second kappa shape index (κ2) is 8.96. The molecule has 24 heavy (non-hydrogen) atoms. The summed E-state index contributed by atoms with van der Waals surface area (Å²) in [5, 5.41) is 5.99. The van der Waals surface area contributed by atoms with Gasteiger partial charge >= 0.3 is 0 Å². The van der Waals surface area contributed by atoms with Gasteiger partial charge in [0.2, 0.25) is 5.91 Å². The van der Waals surface area contributed by atoms with Crippen molar-refractivity contribution >= 4 is 17.3 Å². The largest absolute Gasteiger partial charge is 0.494 e. The number of rotatable bonds is 8. The number of carbonyl (C=O) groups excluding carboxylic acids is 1. The molecule has 0 spiro atoms. The Hall–Kier alpha value is -2.49. The van der Waals surface area contributed by atoms with Crippen LogP contribution in [0, 0.1) is 12.8 Å². The first-order chi connectivity index (χ1) is 11.5. The lowest BCUT2D eigenvalue weighted by atomic mass is 10.1. The number of nitrogens with one attached hydrogen (secondary N) is 2. The van der Waals surface area contributed by atoms with E-state index in [1.54, 1.807) is 0 Å². The number of hydrogen-bond donors (Lipinski definition) is 2. The summed E-state index contributed by atoms with van der Waals surface area (Å²) in [6.45, 7) is 7.28. The highest BCUT2D eigenvalue weighted by molar-refractivity contribution is 5.93. The maximum Gasteiger partial charge on any atom is 0.243 e. The van der Waals surface area contributed by atoms with Gasteiger partial charge in [-0.25, -0.2) is 0 Å². The van der Waals surface area contributed by atoms with E-state index in [2.05, 4.69) is 24.5 Å². The van der Waals surface area contributed by atoms with E-state index in [4.69, 9.17) is 4.74 Å². The Morgan fingerprint density at radius 2 is 1.83 bits per heavy atom. The molecule has 0 aliphatic carbocycles. The molecule has 1 amide bonds. The highest BCUT2D eigenvalue weighted by Gasteiger charge is 2.03. The van der Waals surface area contributed by atoms with Crippen LogP contribution in [-0.4, -0.2) is 19.1 Å². The zero-order valence-electron chi connectivity index (χ0n) is 14.6. The first-order valence-electron chi connectivity index (χ1n) is 8.36. The van der Waals surface area contributed by atoms with E-state index in [1.165, 1.54) is 5.56 Å². The van der Waals surface area contributed by atoms with Crippen molar-refractivity contribution in [3.05, 3.63) is 54.1 Å².